The molecule has 0 amide bonds. The van der Waals surface area contributed by atoms with Gasteiger partial charge in [0.05, 0.1) is 23.3 Å². The number of aromatic nitrogens is 1. The van der Waals surface area contributed by atoms with E-state index in [1.165, 1.54) is 13.3 Å². The molecule has 0 spiro atoms. The quantitative estimate of drug-likeness (QED) is 0.619. The molecule has 0 radical (unpaired) electrons. The molecule has 0 aromatic carbocycles. The standard InChI is InChI=1S/C12H17F2N3O2S/c1-5-17(3)7-15-10-6-9(11(13)14)12(16-8(10)2)20(4,18)19/h6-7,11H,5H2,1-4H3. The Bertz CT molecular complexity index is 615. The van der Waals surface area contributed by atoms with Crippen LogP contribution in [0.15, 0.2) is 16.1 Å². The minimum absolute atomic E-state index is 0.230. The van der Waals surface area contributed by atoms with Crippen molar-refractivity contribution in [1.82, 2.24) is 9.88 Å². The molecule has 0 fully saturated rings. The van der Waals surface area contributed by atoms with Crippen molar-refractivity contribution in [3.05, 3.63) is 17.3 Å². The molecule has 1 aromatic heterocycles. The van der Waals surface area contributed by atoms with Gasteiger partial charge < -0.3 is 4.90 Å². The van der Waals surface area contributed by atoms with E-state index in [2.05, 4.69) is 9.98 Å². The van der Waals surface area contributed by atoms with Crippen molar-refractivity contribution in [2.24, 2.45) is 4.99 Å². The summed E-state index contributed by atoms with van der Waals surface area (Å²) in [6.07, 6.45) is -0.584. The van der Waals surface area contributed by atoms with Gasteiger partial charge in [-0.05, 0) is 19.9 Å². The van der Waals surface area contributed by atoms with Crippen LogP contribution in [-0.4, -0.2) is 44.5 Å². The maximum Gasteiger partial charge on any atom is 0.266 e. The highest BCUT2D eigenvalue weighted by molar-refractivity contribution is 7.90. The van der Waals surface area contributed by atoms with Crippen molar-refractivity contribution >= 4 is 21.9 Å². The van der Waals surface area contributed by atoms with E-state index in [1.807, 2.05) is 6.92 Å². The van der Waals surface area contributed by atoms with Crippen LogP contribution in [-0.2, 0) is 9.84 Å². The summed E-state index contributed by atoms with van der Waals surface area (Å²) in [5.74, 6) is 0. The van der Waals surface area contributed by atoms with Gasteiger partial charge in [-0.15, -0.1) is 0 Å². The third-order valence-corrected chi connectivity index (χ3v) is 3.69. The minimum Gasteiger partial charge on any atom is -0.366 e. The number of alkyl halides is 2. The Labute approximate surface area is 117 Å². The van der Waals surface area contributed by atoms with E-state index >= 15 is 0 Å². The lowest BCUT2D eigenvalue weighted by molar-refractivity contribution is 0.147. The van der Waals surface area contributed by atoms with Crippen LogP contribution in [0.3, 0.4) is 0 Å². The van der Waals surface area contributed by atoms with Crippen molar-refractivity contribution in [2.75, 3.05) is 19.8 Å². The molecule has 0 saturated heterocycles. The fourth-order valence-electron chi connectivity index (χ4n) is 1.41. The normalized spacial score (nSPS) is 12.3. The van der Waals surface area contributed by atoms with E-state index in [4.69, 9.17) is 0 Å². The number of hydrogen-bond donors (Lipinski definition) is 0. The van der Waals surface area contributed by atoms with Crippen molar-refractivity contribution in [3.63, 3.8) is 0 Å². The second-order valence-electron chi connectivity index (χ2n) is 4.38. The second-order valence-corrected chi connectivity index (χ2v) is 6.31. The predicted octanol–water partition coefficient (Wildman–Crippen LogP) is 2.34. The average Bonchev–Trinajstić information content (AvgIpc) is 2.35. The van der Waals surface area contributed by atoms with Gasteiger partial charge >= 0.3 is 0 Å². The number of sulfone groups is 1. The molecule has 0 N–H and O–H groups in total. The molecule has 0 aliphatic rings. The molecule has 1 rings (SSSR count). The topological polar surface area (TPSA) is 62.6 Å². The molecule has 0 saturated carbocycles. The van der Waals surface area contributed by atoms with Crippen LogP contribution in [0.25, 0.3) is 0 Å². The Morgan fingerprint density at radius 2 is 2.10 bits per heavy atom. The van der Waals surface area contributed by atoms with Crippen LogP contribution in [0, 0.1) is 6.92 Å². The average molecular weight is 305 g/mol. The Morgan fingerprint density at radius 3 is 2.55 bits per heavy atom. The van der Waals surface area contributed by atoms with Gasteiger partial charge in [0.15, 0.2) is 14.9 Å². The maximum absolute atomic E-state index is 13.0. The molecule has 0 bridgehead atoms. The highest BCUT2D eigenvalue weighted by Gasteiger charge is 2.23. The monoisotopic (exact) mass is 305 g/mol. The molecule has 1 heterocycles. The van der Waals surface area contributed by atoms with Gasteiger partial charge in [-0.3, -0.25) is 0 Å². The summed E-state index contributed by atoms with van der Waals surface area (Å²) in [6.45, 7) is 4.15. The molecular formula is C12H17F2N3O2S. The number of halogens is 2. The first kappa shape index (κ1) is 16.5. The van der Waals surface area contributed by atoms with Gasteiger partial charge in [-0.2, -0.15) is 0 Å². The van der Waals surface area contributed by atoms with E-state index in [-0.39, 0.29) is 11.4 Å². The number of aryl methyl sites for hydroxylation is 1. The van der Waals surface area contributed by atoms with Crippen molar-refractivity contribution in [1.29, 1.82) is 0 Å². The summed E-state index contributed by atoms with van der Waals surface area (Å²) in [5.41, 5.74) is -0.104. The van der Waals surface area contributed by atoms with Crippen molar-refractivity contribution in [3.8, 4) is 0 Å². The van der Waals surface area contributed by atoms with Gasteiger partial charge in [0.1, 0.15) is 0 Å². The first-order valence-corrected chi connectivity index (χ1v) is 7.80. The SMILES string of the molecule is CCN(C)C=Nc1cc(C(F)F)c(S(C)(=O)=O)nc1C. The zero-order chi connectivity index (χ0) is 15.5. The van der Waals surface area contributed by atoms with E-state index in [0.29, 0.717) is 6.54 Å². The lowest BCUT2D eigenvalue weighted by Gasteiger charge is -2.11. The third kappa shape index (κ3) is 3.96. The molecule has 8 heteroatoms. The minimum atomic E-state index is -3.81. The van der Waals surface area contributed by atoms with E-state index in [1.54, 1.807) is 11.9 Å². The number of rotatable bonds is 5. The molecular weight excluding hydrogens is 288 g/mol. The summed E-state index contributed by atoms with van der Waals surface area (Å²) in [6, 6.07) is 1.07. The lowest BCUT2D eigenvalue weighted by Crippen LogP contribution is -2.14. The van der Waals surface area contributed by atoms with Crippen molar-refractivity contribution in [2.45, 2.75) is 25.3 Å². The molecule has 1 aromatic rings. The highest BCUT2D eigenvalue weighted by Crippen LogP contribution is 2.30. The maximum atomic E-state index is 13.0. The molecule has 5 nitrogen and oxygen atoms in total. The van der Waals surface area contributed by atoms with Crippen LogP contribution >= 0.6 is 0 Å². The van der Waals surface area contributed by atoms with Crippen LogP contribution in [0.4, 0.5) is 14.5 Å². The Balaban J connectivity index is 3.38. The van der Waals surface area contributed by atoms with Gasteiger partial charge in [0.25, 0.3) is 6.43 Å². The van der Waals surface area contributed by atoms with Gasteiger partial charge in [-0.1, -0.05) is 0 Å². The molecule has 112 valence electrons. The van der Waals surface area contributed by atoms with E-state index < -0.39 is 26.9 Å². The van der Waals surface area contributed by atoms with Gasteiger partial charge in [0, 0.05) is 19.8 Å². The predicted molar refractivity (Wildman–Crippen MR) is 73.5 cm³/mol. The van der Waals surface area contributed by atoms with Crippen LogP contribution < -0.4 is 0 Å². The molecule has 0 aliphatic carbocycles. The number of nitrogens with zero attached hydrogens (tertiary/aromatic N) is 3. The zero-order valence-corrected chi connectivity index (χ0v) is 12.6. The molecule has 0 atom stereocenters. The van der Waals surface area contributed by atoms with E-state index in [9.17, 15) is 17.2 Å². The van der Waals surface area contributed by atoms with Gasteiger partial charge in [-0.25, -0.2) is 27.2 Å². The largest absolute Gasteiger partial charge is 0.366 e. The number of hydrogen-bond acceptors (Lipinski definition) is 4. The summed E-state index contributed by atoms with van der Waals surface area (Å²) in [5, 5.41) is -0.590. The smallest absolute Gasteiger partial charge is 0.266 e. The lowest BCUT2D eigenvalue weighted by atomic mass is 10.2. The van der Waals surface area contributed by atoms with Crippen LogP contribution in [0.2, 0.25) is 0 Å². The second kappa shape index (κ2) is 6.25. The fraction of sp³-hybridized carbons (Fsp3) is 0.500. The first-order chi connectivity index (χ1) is 9.16. The molecule has 0 aliphatic heterocycles. The number of pyridine rings is 1. The summed E-state index contributed by atoms with van der Waals surface area (Å²) < 4.78 is 48.9. The Kier molecular flexibility index (Phi) is 5.15. The summed E-state index contributed by atoms with van der Waals surface area (Å²) in [7, 11) is -2.02. The third-order valence-electron chi connectivity index (χ3n) is 2.66. The number of aliphatic imine (C=N–C) groups is 1. The fourth-order valence-corrected chi connectivity index (χ4v) is 2.29. The summed E-state index contributed by atoms with van der Waals surface area (Å²) >= 11 is 0. The van der Waals surface area contributed by atoms with Gasteiger partial charge in [0.2, 0.25) is 0 Å². The molecule has 0 unspecified atom stereocenters. The first-order valence-electron chi connectivity index (χ1n) is 5.91. The van der Waals surface area contributed by atoms with Crippen molar-refractivity contribution < 1.29 is 17.2 Å². The van der Waals surface area contributed by atoms with Crippen LogP contribution in [0.1, 0.15) is 24.6 Å². The van der Waals surface area contributed by atoms with Crippen LogP contribution in [0.5, 0.6) is 0 Å². The Morgan fingerprint density at radius 1 is 1.50 bits per heavy atom. The summed E-state index contributed by atoms with van der Waals surface area (Å²) in [4.78, 5) is 9.58. The van der Waals surface area contributed by atoms with E-state index in [0.717, 1.165) is 12.3 Å². The zero-order valence-electron chi connectivity index (χ0n) is 11.8. The molecule has 20 heavy (non-hydrogen) atoms. The Hall–Kier alpha value is -1.57. The highest BCUT2D eigenvalue weighted by atomic mass is 32.2.